The molecule has 0 amide bonds. The van der Waals surface area contributed by atoms with Gasteiger partial charge in [-0.2, -0.15) is 13.2 Å². The summed E-state index contributed by atoms with van der Waals surface area (Å²) < 4.78 is 37.1. The van der Waals surface area contributed by atoms with E-state index in [1.165, 1.54) is 11.1 Å². The van der Waals surface area contributed by atoms with Gasteiger partial charge in [-0.1, -0.05) is 11.6 Å². The molecule has 17 heavy (non-hydrogen) atoms. The molecule has 1 rings (SSSR count). The van der Waals surface area contributed by atoms with E-state index in [1.54, 1.807) is 26.0 Å². The van der Waals surface area contributed by atoms with Crippen molar-refractivity contribution in [3.05, 3.63) is 29.0 Å². The lowest BCUT2D eigenvalue weighted by atomic mass is 10.2. The molecule has 2 nitrogen and oxygen atoms in total. The van der Waals surface area contributed by atoms with Gasteiger partial charge in [-0.3, -0.25) is 4.90 Å². The van der Waals surface area contributed by atoms with E-state index < -0.39 is 12.7 Å². The Morgan fingerprint density at radius 3 is 2.53 bits per heavy atom. The van der Waals surface area contributed by atoms with Crippen molar-refractivity contribution in [3.63, 3.8) is 0 Å². The minimum atomic E-state index is -4.19. The molecule has 0 saturated carbocycles. The molecule has 1 aromatic rings. The lowest BCUT2D eigenvalue weighted by molar-refractivity contribution is -0.150. The fourth-order valence-electron chi connectivity index (χ4n) is 1.43. The highest BCUT2D eigenvalue weighted by Crippen LogP contribution is 2.20. The molecule has 0 radical (unpaired) electrons. The summed E-state index contributed by atoms with van der Waals surface area (Å²) in [4.78, 5) is 5.13. The van der Waals surface area contributed by atoms with Crippen molar-refractivity contribution in [1.82, 2.24) is 9.88 Å². The van der Waals surface area contributed by atoms with Crippen molar-refractivity contribution >= 4 is 11.6 Å². The van der Waals surface area contributed by atoms with E-state index in [1.807, 2.05) is 0 Å². The number of pyridine rings is 1. The minimum Gasteiger partial charge on any atom is -0.288 e. The first-order chi connectivity index (χ1) is 7.78. The third-order valence-electron chi connectivity index (χ3n) is 2.29. The zero-order valence-corrected chi connectivity index (χ0v) is 10.4. The number of aromatic nitrogens is 1. The summed E-state index contributed by atoms with van der Waals surface area (Å²) in [5.74, 6) is 0. The first-order valence-electron chi connectivity index (χ1n) is 5.19. The molecule has 1 heterocycles. The molecular formula is C11H14ClF3N2. The second kappa shape index (κ2) is 5.69. The van der Waals surface area contributed by atoms with E-state index in [-0.39, 0.29) is 12.6 Å². The number of hydrogen-bond donors (Lipinski definition) is 0. The van der Waals surface area contributed by atoms with Crippen molar-refractivity contribution < 1.29 is 13.2 Å². The Labute approximate surface area is 103 Å². The van der Waals surface area contributed by atoms with Gasteiger partial charge in [0, 0.05) is 18.8 Å². The van der Waals surface area contributed by atoms with Gasteiger partial charge in [0.25, 0.3) is 0 Å². The second-order valence-corrected chi connectivity index (χ2v) is 4.49. The van der Waals surface area contributed by atoms with Gasteiger partial charge in [-0.05, 0) is 31.5 Å². The molecule has 0 aliphatic rings. The maximum atomic E-state index is 12.4. The average Bonchev–Trinajstić information content (AvgIpc) is 2.14. The van der Waals surface area contributed by atoms with E-state index in [4.69, 9.17) is 11.6 Å². The van der Waals surface area contributed by atoms with E-state index in [2.05, 4.69) is 4.98 Å². The first kappa shape index (κ1) is 14.3. The van der Waals surface area contributed by atoms with Crippen molar-refractivity contribution in [2.45, 2.75) is 32.6 Å². The summed E-state index contributed by atoms with van der Waals surface area (Å²) in [5, 5.41) is 0.290. The molecule has 0 atom stereocenters. The third kappa shape index (κ3) is 5.37. The summed E-state index contributed by atoms with van der Waals surface area (Å²) in [6, 6.07) is 3.05. The average molecular weight is 267 g/mol. The number of rotatable bonds is 4. The number of alkyl halides is 3. The SMILES string of the molecule is CC(C)N(Cc1ccnc(Cl)c1)CC(F)(F)F. The largest absolute Gasteiger partial charge is 0.401 e. The quantitative estimate of drug-likeness (QED) is 0.776. The van der Waals surface area contributed by atoms with E-state index >= 15 is 0 Å². The minimum absolute atomic E-state index is 0.191. The van der Waals surface area contributed by atoms with Crippen LogP contribution in [0.5, 0.6) is 0 Å². The Morgan fingerprint density at radius 2 is 2.06 bits per heavy atom. The highest BCUT2D eigenvalue weighted by molar-refractivity contribution is 6.29. The van der Waals surface area contributed by atoms with Crippen LogP contribution in [0.25, 0.3) is 0 Å². The van der Waals surface area contributed by atoms with Gasteiger partial charge in [-0.25, -0.2) is 4.98 Å². The Bertz CT molecular complexity index is 366. The van der Waals surface area contributed by atoms with E-state index in [9.17, 15) is 13.2 Å². The van der Waals surface area contributed by atoms with Crippen LogP contribution >= 0.6 is 11.6 Å². The number of halogens is 4. The van der Waals surface area contributed by atoms with Crippen molar-refractivity contribution in [2.75, 3.05) is 6.54 Å². The maximum absolute atomic E-state index is 12.4. The second-order valence-electron chi connectivity index (χ2n) is 4.10. The Balaban J connectivity index is 2.74. The van der Waals surface area contributed by atoms with Gasteiger partial charge in [0.05, 0.1) is 6.54 Å². The predicted molar refractivity (Wildman–Crippen MR) is 60.8 cm³/mol. The summed E-state index contributed by atoms with van der Waals surface area (Å²) in [7, 11) is 0. The molecule has 1 aromatic heterocycles. The molecular weight excluding hydrogens is 253 g/mol. The van der Waals surface area contributed by atoms with Crippen LogP contribution in [0, 0.1) is 0 Å². The fraction of sp³-hybridized carbons (Fsp3) is 0.545. The van der Waals surface area contributed by atoms with Gasteiger partial charge in [0.15, 0.2) is 0 Å². The number of nitrogens with zero attached hydrogens (tertiary/aromatic N) is 2. The molecule has 0 bridgehead atoms. The summed E-state index contributed by atoms with van der Waals surface area (Å²) in [6.07, 6.45) is -2.70. The Hall–Kier alpha value is -0.810. The zero-order chi connectivity index (χ0) is 13.1. The molecule has 0 saturated heterocycles. The van der Waals surface area contributed by atoms with Crippen LogP contribution in [-0.4, -0.2) is 28.6 Å². The van der Waals surface area contributed by atoms with E-state index in [0.717, 1.165) is 5.56 Å². The molecule has 0 fully saturated rings. The summed E-state index contributed by atoms with van der Waals surface area (Å²) in [5.41, 5.74) is 0.725. The molecule has 0 spiro atoms. The van der Waals surface area contributed by atoms with Crippen molar-refractivity contribution in [3.8, 4) is 0 Å². The summed E-state index contributed by atoms with van der Waals surface area (Å²) in [6.45, 7) is 2.74. The van der Waals surface area contributed by atoms with Crippen molar-refractivity contribution in [1.29, 1.82) is 0 Å². The van der Waals surface area contributed by atoms with Crippen LogP contribution in [0.4, 0.5) is 13.2 Å². The van der Waals surface area contributed by atoms with Crippen LogP contribution in [0.3, 0.4) is 0 Å². The van der Waals surface area contributed by atoms with Crippen LogP contribution in [0.15, 0.2) is 18.3 Å². The normalized spacial score (nSPS) is 12.5. The maximum Gasteiger partial charge on any atom is 0.401 e. The number of hydrogen-bond acceptors (Lipinski definition) is 2. The molecule has 0 unspecified atom stereocenters. The van der Waals surface area contributed by atoms with Crippen LogP contribution in [0.1, 0.15) is 19.4 Å². The van der Waals surface area contributed by atoms with Crippen molar-refractivity contribution in [2.24, 2.45) is 0 Å². The molecule has 96 valence electrons. The van der Waals surface area contributed by atoms with Gasteiger partial charge >= 0.3 is 6.18 Å². The standard InChI is InChI=1S/C11H14ClF3N2/c1-8(2)17(7-11(13,14)15)6-9-3-4-16-10(12)5-9/h3-5,8H,6-7H2,1-2H3. The zero-order valence-electron chi connectivity index (χ0n) is 9.63. The molecule has 0 aliphatic carbocycles. The smallest absolute Gasteiger partial charge is 0.288 e. The Morgan fingerprint density at radius 1 is 1.41 bits per heavy atom. The fourth-order valence-corrected chi connectivity index (χ4v) is 1.62. The topological polar surface area (TPSA) is 16.1 Å². The highest BCUT2D eigenvalue weighted by Gasteiger charge is 2.31. The Kier molecular flexibility index (Phi) is 4.77. The first-order valence-corrected chi connectivity index (χ1v) is 5.57. The summed E-state index contributed by atoms with van der Waals surface area (Å²) >= 11 is 5.69. The van der Waals surface area contributed by atoms with Crippen LogP contribution < -0.4 is 0 Å². The monoisotopic (exact) mass is 266 g/mol. The molecule has 0 N–H and O–H groups in total. The third-order valence-corrected chi connectivity index (χ3v) is 2.50. The molecule has 6 heteroatoms. The predicted octanol–water partition coefficient (Wildman–Crippen LogP) is 3.51. The molecule has 0 aliphatic heterocycles. The van der Waals surface area contributed by atoms with Gasteiger partial charge in [0.1, 0.15) is 5.15 Å². The van der Waals surface area contributed by atoms with Crippen LogP contribution in [0.2, 0.25) is 5.15 Å². The van der Waals surface area contributed by atoms with E-state index in [0.29, 0.717) is 5.15 Å². The van der Waals surface area contributed by atoms with Crippen LogP contribution in [-0.2, 0) is 6.54 Å². The molecule has 0 aromatic carbocycles. The highest BCUT2D eigenvalue weighted by atomic mass is 35.5. The van der Waals surface area contributed by atoms with Gasteiger partial charge < -0.3 is 0 Å². The van der Waals surface area contributed by atoms with Gasteiger partial charge in [-0.15, -0.1) is 0 Å². The lowest BCUT2D eigenvalue weighted by Gasteiger charge is -2.27. The van der Waals surface area contributed by atoms with Gasteiger partial charge in [0.2, 0.25) is 0 Å². The lowest BCUT2D eigenvalue weighted by Crippen LogP contribution is -2.38.